The largest absolute Gasteiger partial charge is 0.458 e. The van der Waals surface area contributed by atoms with Crippen LogP contribution >= 0.6 is 0 Å². The monoisotopic (exact) mass is 1060 g/mol. The zero-order valence-corrected chi connectivity index (χ0v) is 45.7. The Kier molecular flexibility index (Phi) is 9.16. The van der Waals surface area contributed by atoms with Crippen LogP contribution in [-0.4, -0.2) is 14.1 Å². The Hall–Kier alpha value is -9.58. The Labute approximate surface area is 490 Å². The van der Waals surface area contributed by atoms with Crippen LogP contribution in [0.25, 0.3) is 117 Å². The lowest BCUT2D eigenvalue weighted by atomic mass is 9.81. The molecule has 14 rings (SSSR count). The molecule has 0 spiro atoms. The van der Waals surface area contributed by atoms with Crippen LogP contribution in [0.4, 0.5) is 0 Å². The summed E-state index contributed by atoms with van der Waals surface area (Å²) in [6, 6.07) is 59.7. The van der Waals surface area contributed by atoms with Crippen molar-refractivity contribution >= 4 is 32.8 Å². The van der Waals surface area contributed by atoms with Gasteiger partial charge in [0.2, 0.25) is 0 Å². The van der Waals surface area contributed by atoms with Crippen molar-refractivity contribution in [3.8, 4) is 95.5 Å². The number of pyridine rings is 1. The number of benzene rings is 10. The summed E-state index contributed by atoms with van der Waals surface area (Å²) in [7, 11) is 0. The third-order valence-electron chi connectivity index (χ3n) is 15.8. The van der Waals surface area contributed by atoms with Gasteiger partial charge in [-0.1, -0.05) is 199 Å². The van der Waals surface area contributed by atoms with E-state index in [-0.39, 0.29) is 38.6 Å². The molecule has 0 N–H and O–H groups in total. The maximum atomic E-state index is 9.57. The Bertz CT molecular complexity index is 5140. The van der Waals surface area contributed by atoms with Crippen molar-refractivity contribution in [1.82, 2.24) is 14.1 Å². The minimum atomic E-state index is -2.78. The summed E-state index contributed by atoms with van der Waals surface area (Å²) in [4.78, 5) is 4.90. The standard InChI is InChI=1S/C76H62N4O/c1-48-20-16-21-49(2)71(48)52-42-65(51-34-36-53(37-35-51)75(3,4)5)73-66(43-52)72-58(50-22-10-9-11-23-50)29-18-30-63(72)59-26-12-13-27-60(59)64-31-19-33-68-74(64)79(73)47-78(68)55-24-17-25-56(45-55)81-57-38-39-62-61-28-14-15-32-67(61)80(69(62)46-57)70-44-54(40-41-77-70)76(6,7)8/h9-46H,1-8H3/i1D3,2D3,9D,10D,11D,22D,23D. The maximum Gasteiger partial charge on any atom is 0.269 e. The highest BCUT2D eigenvalue weighted by Crippen LogP contribution is 2.50. The van der Waals surface area contributed by atoms with Crippen LogP contribution in [0.15, 0.2) is 231 Å². The third kappa shape index (κ3) is 8.46. The van der Waals surface area contributed by atoms with Crippen LogP contribution in [0.5, 0.6) is 11.5 Å². The predicted molar refractivity (Wildman–Crippen MR) is 335 cm³/mol. The summed E-state index contributed by atoms with van der Waals surface area (Å²) in [6.07, 6.45) is 5.71. The van der Waals surface area contributed by atoms with Crippen molar-refractivity contribution < 1.29 is 24.4 Å². The van der Waals surface area contributed by atoms with Crippen LogP contribution in [0.3, 0.4) is 0 Å². The van der Waals surface area contributed by atoms with E-state index in [4.69, 9.17) is 22.1 Å². The van der Waals surface area contributed by atoms with E-state index in [0.29, 0.717) is 56.3 Å². The van der Waals surface area contributed by atoms with Crippen molar-refractivity contribution in [2.45, 2.75) is 66.1 Å². The van der Waals surface area contributed by atoms with Gasteiger partial charge >= 0.3 is 0 Å². The molecule has 1 aliphatic heterocycles. The molecule has 1 aliphatic rings. The van der Waals surface area contributed by atoms with Gasteiger partial charge in [-0.15, -0.1) is 0 Å². The van der Waals surface area contributed by atoms with E-state index in [1.54, 1.807) is 6.07 Å². The maximum absolute atomic E-state index is 9.57. The molecule has 13 aromatic rings. The topological polar surface area (TPSA) is 35.9 Å². The molecule has 5 heteroatoms. The van der Waals surface area contributed by atoms with Gasteiger partial charge < -0.3 is 4.74 Å². The molecule has 392 valence electrons. The van der Waals surface area contributed by atoms with Crippen LogP contribution in [0, 0.1) is 20.0 Å². The molecule has 0 unspecified atom stereocenters. The first-order chi connectivity index (χ1) is 43.8. The minimum absolute atomic E-state index is 0.00547. The highest BCUT2D eigenvalue weighted by atomic mass is 16.5. The number of para-hydroxylation sites is 2. The fourth-order valence-electron chi connectivity index (χ4n) is 11.9. The molecule has 10 aromatic carbocycles. The van der Waals surface area contributed by atoms with E-state index in [9.17, 15) is 2.74 Å². The van der Waals surface area contributed by atoms with Gasteiger partial charge in [-0.2, -0.15) is 0 Å². The van der Waals surface area contributed by atoms with Gasteiger partial charge in [-0.05, 0) is 174 Å². The van der Waals surface area contributed by atoms with Gasteiger partial charge in [-0.3, -0.25) is 13.7 Å². The number of hydrogen-bond donors (Lipinski definition) is 0. The lowest BCUT2D eigenvalue weighted by molar-refractivity contribution is -0.570. The van der Waals surface area contributed by atoms with E-state index in [1.807, 2.05) is 131 Å². The van der Waals surface area contributed by atoms with Crippen LogP contribution in [0.2, 0.25) is 0 Å². The van der Waals surface area contributed by atoms with E-state index in [0.717, 1.165) is 66.5 Å². The van der Waals surface area contributed by atoms with Crippen molar-refractivity contribution in [1.29, 1.82) is 0 Å². The molecule has 0 bridgehead atoms. The number of hydrogen-bond acceptors (Lipinski definition) is 2. The molecule has 0 amide bonds. The highest BCUT2D eigenvalue weighted by Gasteiger charge is 2.30. The molecule has 3 aromatic heterocycles. The van der Waals surface area contributed by atoms with Gasteiger partial charge in [-0.25, -0.2) is 4.98 Å². The average Bonchev–Trinajstić information content (AvgIpc) is 1.44. The molecule has 5 nitrogen and oxygen atoms in total. The fraction of sp³-hybridized carbons (Fsp3) is 0.132. The molecule has 0 radical (unpaired) electrons. The van der Waals surface area contributed by atoms with Crippen molar-refractivity contribution in [3.05, 3.63) is 259 Å². The Morgan fingerprint density at radius 3 is 1.90 bits per heavy atom. The molecule has 0 atom stereocenters. The third-order valence-corrected chi connectivity index (χ3v) is 15.8. The fourth-order valence-corrected chi connectivity index (χ4v) is 11.9. The molecule has 81 heavy (non-hydrogen) atoms. The number of imidazole rings is 1. The molecule has 0 saturated heterocycles. The molecular formula is C76H62N4O. The molecule has 4 heterocycles. The van der Waals surface area contributed by atoms with Crippen LogP contribution in [0.1, 0.15) is 78.9 Å². The molecule has 0 saturated carbocycles. The summed E-state index contributed by atoms with van der Waals surface area (Å²) >= 11 is 0. The first kappa shape index (κ1) is 38.9. The Morgan fingerprint density at radius 1 is 0.481 bits per heavy atom. The van der Waals surface area contributed by atoms with Gasteiger partial charge in [0.1, 0.15) is 17.3 Å². The summed E-state index contributed by atoms with van der Waals surface area (Å²) in [5, 5.41) is 2.13. The second kappa shape index (κ2) is 19.1. The smallest absolute Gasteiger partial charge is 0.269 e. The number of aryl methyl sites for hydroxylation is 2. The van der Waals surface area contributed by atoms with E-state index in [2.05, 4.69) is 107 Å². The van der Waals surface area contributed by atoms with Crippen molar-refractivity contribution in [3.63, 3.8) is 0 Å². The minimum Gasteiger partial charge on any atom is -0.458 e. The quantitative estimate of drug-likeness (QED) is 0.118. The number of ether oxygens (including phenoxy) is 1. The summed E-state index contributed by atoms with van der Waals surface area (Å²) in [6.45, 7) is 7.40. The summed E-state index contributed by atoms with van der Waals surface area (Å²) in [5.41, 5.74) is 11.8. The second-order valence-electron chi connectivity index (χ2n) is 23.0. The average molecular weight is 1060 g/mol. The zero-order valence-electron chi connectivity index (χ0n) is 56.7. The van der Waals surface area contributed by atoms with Gasteiger partial charge in [0.25, 0.3) is 6.33 Å². The van der Waals surface area contributed by atoms with Gasteiger partial charge in [0, 0.05) is 31.3 Å². The van der Waals surface area contributed by atoms with E-state index in [1.165, 1.54) is 18.2 Å². The number of fused-ring (bicyclic) bond motifs is 10. The summed E-state index contributed by atoms with van der Waals surface area (Å²) < 4.78 is 113. The Morgan fingerprint density at radius 2 is 1.12 bits per heavy atom. The molecule has 0 fully saturated rings. The van der Waals surface area contributed by atoms with Gasteiger partial charge in [0.15, 0.2) is 0 Å². The highest BCUT2D eigenvalue weighted by molar-refractivity contribution is 6.10. The molecule has 0 aliphatic carbocycles. The Balaban J connectivity index is 1.07. The van der Waals surface area contributed by atoms with Crippen molar-refractivity contribution in [2.24, 2.45) is 0 Å². The van der Waals surface area contributed by atoms with Crippen LogP contribution in [-0.2, 0) is 10.8 Å². The number of aromatic nitrogens is 4. The normalized spacial score (nSPS) is 14.5. The zero-order chi connectivity index (χ0) is 64.7. The lowest BCUT2D eigenvalue weighted by Gasteiger charge is -2.24. The van der Waals surface area contributed by atoms with Crippen molar-refractivity contribution in [2.75, 3.05) is 0 Å². The van der Waals surface area contributed by atoms with Crippen LogP contribution < -0.4 is 9.30 Å². The van der Waals surface area contributed by atoms with Gasteiger partial charge in [0.05, 0.1) is 40.3 Å². The SMILES string of the molecule is [2H]c1c([2H])c([2H])c(-c2cccc3c2-c2cc(-c4c(C([2H])([2H])[2H])cccc4C([2H])([2H])[2H])cc(-c4ccc(C(C)(C)C)cc4)c2-[n+]2[c-]n(-c4cccc(Oc5ccc6c7ccccc7n(-c7cc(C(C)(C)C)ccn7)c6c5)c4)c4cccc(c42)-c2ccccc2-3)c([2H])c1[2H]. The predicted octanol–water partition coefficient (Wildman–Crippen LogP) is 19.5. The van der Waals surface area contributed by atoms with E-state index >= 15 is 0 Å². The number of rotatable bonds is 7. The molecular weight excluding hydrogens is 985 g/mol. The first-order valence-corrected chi connectivity index (χ1v) is 27.3. The number of nitrogens with zero attached hydrogens (tertiary/aromatic N) is 4. The lowest BCUT2D eigenvalue weighted by Crippen LogP contribution is -2.32. The second-order valence-corrected chi connectivity index (χ2v) is 23.0. The summed E-state index contributed by atoms with van der Waals surface area (Å²) in [5.74, 6) is 1.94. The van der Waals surface area contributed by atoms with E-state index < -0.39 is 43.9 Å². The first-order valence-electron chi connectivity index (χ1n) is 32.8.